The lowest BCUT2D eigenvalue weighted by molar-refractivity contribution is -0.113. The molecule has 0 atom stereocenters. The number of fused-ring (bicyclic) bond motifs is 3. The van der Waals surface area contributed by atoms with Gasteiger partial charge in [-0.3, -0.25) is 14.2 Å². The first-order valence-electron chi connectivity index (χ1n) is 9.70. The molecular formula is C22H22N4O2S2. The van der Waals surface area contributed by atoms with Gasteiger partial charge in [-0.15, -0.1) is 11.3 Å². The summed E-state index contributed by atoms with van der Waals surface area (Å²) < 4.78 is 2.30. The average molecular weight is 439 g/mol. The van der Waals surface area contributed by atoms with Crippen molar-refractivity contribution in [3.8, 4) is 0 Å². The first kappa shape index (κ1) is 20.6. The van der Waals surface area contributed by atoms with Crippen molar-refractivity contribution in [2.75, 3.05) is 11.1 Å². The van der Waals surface area contributed by atoms with E-state index in [1.807, 2.05) is 43.3 Å². The van der Waals surface area contributed by atoms with Gasteiger partial charge in [0.2, 0.25) is 5.91 Å². The number of nitrogens with one attached hydrogen (secondary N) is 1. The van der Waals surface area contributed by atoms with Crippen molar-refractivity contribution >= 4 is 55.1 Å². The fourth-order valence-corrected chi connectivity index (χ4v) is 5.04. The average Bonchev–Trinajstić information content (AvgIpc) is 3.09. The quantitative estimate of drug-likeness (QED) is 0.349. The number of thioether (sulfide) groups is 1. The summed E-state index contributed by atoms with van der Waals surface area (Å²) in [5, 5.41) is 4.37. The number of carbonyl (C=O) groups is 1. The zero-order valence-electron chi connectivity index (χ0n) is 17.0. The molecule has 4 rings (SSSR count). The van der Waals surface area contributed by atoms with Gasteiger partial charge >= 0.3 is 0 Å². The van der Waals surface area contributed by atoms with Crippen LogP contribution in [-0.2, 0) is 11.3 Å². The van der Waals surface area contributed by atoms with Crippen LogP contribution in [0.3, 0.4) is 0 Å². The van der Waals surface area contributed by atoms with E-state index in [1.165, 1.54) is 23.1 Å². The van der Waals surface area contributed by atoms with Crippen molar-refractivity contribution in [1.29, 1.82) is 0 Å². The molecule has 0 saturated carbocycles. The van der Waals surface area contributed by atoms with E-state index in [4.69, 9.17) is 4.98 Å². The van der Waals surface area contributed by atoms with Crippen molar-refractivity contribution in [3.63, 3.8) is 0 Å². The van der Waals surface area contributed by atoms with Crippen LogP contribution < -0.4 is 10.9 Å². The van der Waals surface area contributed by atoms with E-state index in [1.54, 1.807) is 10.8 Å². The van der Waals surface area contributed by atoms with Crippen LogP contribution in [0, 0.1) is 12.8 Å². The molecule has 0 spiro atoms. The van der Waals surface area contributed by atoms with Gasteiger partial charge < -0.3 is 5.32 Å². The third-order valence-corrected chi connectivity index (χ3v) is 6.68. The number of aromatic nitrogens is 3. The van der Waals surface area contributed by atoms with E-state index in [0.717, 1.165) is 21.5 Å². The molecule has 0 aliphatic rings. The zero-order chi connectivity index (χ0) is 21.3. The summed E-state index contributed by atoms with van der Waals surface area (Å²) in [5.74, 6) is 0.316. The SMILES string of the molecule is Cc1ccccc1NC(=O)CSc1nc2c(sc3ncccc32)c(=O)n1CC(C)C. The Balaban J connectivity index is 1.67. The van der Waals surface area contributed by atoms with Crippen LogP contribution in [-0.4, -0.2) is 26.2 Å². The molecule has 30 heavy (non-hydrogen) atoms. The molecule has 0 saturated heterocycles. The highest BCUT2D eigenvalue weighted by molar-refractivity contribution is 7.99. The summed E-state index contributed by atoms with van der Waals surface area (Å²) >= 11 is 2.66. The third-order valence-electron chi connectivity index (χ3n) is 4.62. The Morgan fingerprint density at radius 2 is 2.03 bits per heavy atom. The number of amides is 1. The van der Waals surface area contributed by atoms with Crippen LogP contribution in [0.4, 0.5) is 5.69 Å². The van der Waals surface area contributed by atoms with Crippen molar-refractivity contribution in [2.24, 2.45) is 5.92 Å². The number of anilines is 1. The number of nitrogens with zero attached hydrogens (tertiary/aromatic N) is 3. The Hall–Kier alpha value is -2.71. The molecular weight excluding hydrogens is 416 g/mol. The number of hydrogen-bond acceptors (Lipinski definition) is 6. The highest BCUT2D eigenvalue weighted by Crippen LogP contribution is 2.30. The van der Waals surface area contributed by atoms with E-state index in [2.05, 4.69) is 24.1 Å². The molecule has 0 fully saturated rings. The number of aryl methyl sites for hydroxylation is 1. The van der Waals surface area contributed by atoms with E-state index in [-0.39, 0.29) is 23.1 Å². The van der Waals surface area contributed by atoms with E-state index in [9.17, 15) is 9.59 Å². The van der Waals surface area contributed by atoms with Gasteiger partial charge in [0.25, 0.3) is 5.56 Å². The van der Waals surface area contributed by atoms with Crippen LogP contribution in [0.2, 0.25) is 0 Å². The normalized spacial score (nSPS) is 11.5. The topological polar surface area (TPSA) is 76.9 Å². The molecule has 154 valence electrons. The third kappa shape index (κ3) is 4.11. The summed E-state index contributed by atoms with van der Waals surface area (Å²) in [7, 11) is 0. The maximum atomic E-state index is 13.2. The van der Waals surface area contributed by atoms with Crippen LogP contribution in [0.15, 0.2) is 52.5 Å². The molecule has 1 aromatic carbocycles. The van der Waals surface area contributed by atoms with Crippen LogP contribution in [0.1, 0.15) is 19.4 Å². The Morgan fingerprint density at radius 1 is 1.23 bits per heavy atom. The second-order valence-corrected chi connectivity index (χ2v) is 9.43. The van der Waals surface area contributed by atoms with E-state index >= 15 is 0 Å². The predicted molar refractivity (Wildman–Crippen MR) is 125 cm³/mol. The smallest absolute Gasteiger partial charge is 0.272 e. The van der Waals surface area contributed by atoms with Crippen LogP contribution in [0.5, 0.6) is 0 Å². The highest BCUT2D eigenvalue weighted by Gasteiger charge is 2.18. The minimum absolute atomic E-state index is 0.0708. The van der Waals surface area contributed by atoms with Gasteiger partial charge in [0.05, 0.1) is 11.3 Å². The molecule has 0 aliphatic heterocycles. The van der Waals surface area contributed by atoms with Crippen molar-refractivity contribution in [2.45, 2.75) is 32.5 Å². The number of carbonyl (C=O) groups excluding carboxylic acids is 1. The fraction of sp³-hybridized carbons (Fsp3) is 0.273. The summed E-state index contributed by atoms with van der Waals surface area (Å²) in [5.41, 5.74) is 2.39. The molecule has 1 N–H and O–H groups in total. The minimum atomic E-state index is -0.128. The monoisotopic (exact) mass is 438 g/mol. The molecule has 1 amide bonds. The van der Waals surface area contributed by atoms with Gasteiger partial charge in [-0.05, 0) is 36.6 Å². The molecule has 4 aromatic rings. The molecule has 3 heterocycles. The zero-order valence-corrected chi connectivity index (χ0v) is 18.6. The Labute approximate surface area is 182 Å². The Morgan fingerprint density at radius 3 is 2.80 bits per heavy atom. The lowest BCUT2D eigenvalue weighted by Gasteiger charge is -2.14. The number of hydrogen-bond donors (Lipinski definition) is 1. The molecule has 0 unspecified atom stereocenters. The first-order chi connectivity index (χ1) is 14.4. The second-order valence-electron chi connectivity index (χ2n) is 7.49. The van der Waals surface area contributed by atoms with Crippen molar-refractivity contribution < 1.29 is 4.79 Å². The highest BCUT2D eigenvalue weighted by atomic mass is 32.2. The Kier molecular flexibility index (Phi) is 5.87. The van der Waals surface area contributed by atoms with Gasteiger partial charge in [0, 0.05) is 23.8 Å². The predicted octanol–water partition coefficient (Wildman–Crippen LogP) is 4.70. The maximum Gasteiger partial charge on any atom is 0.272 e. The molecule has 0 bridgehead atoms. The lowest BCUT2D eigenvalue weighted by Crippen LogP contribution is -2.25. The van der Waals surface area contributed by atoms with Crippen molar-refractivity contribution in [3.05, 3.63) is 58.5 Å². The summed E-state index contributed by atoms with van der Waals surface area (Å²) in [6.07, 6.45) is 1.72. The molecule has 3 aromatic heterocycles. The minimum Gasteiger partial charge on any atom is -0.325 e. The number of benzene rings is 1. The standard InChI is InChI=1S/C22H22N4O2S2/c1-13(2)11-26-21(28)19-18(15-8-6-10-23-20(15)30-19)25-22(26)29-12-17(27)24-16-9-5-4-7-14(16)3/h4-10,13H,11-12H2,1-3H3,(H,24,27). The first-order valence-corrected chi connectivity index (χ1v) is 11.5. The molecule has 6 nitrogen and oxygen atoms in total. The summed E-state index contributed by atoms with van der Waals surface area (Å²) in [4.78, 5) is 35.7. The van der Waals surface area contributed by atoms with Gasteiger partial charge in [0.1, 0.15) is 9.53 Å². The summed E-state index contributed by atoms with van der Waals surface area (Å²) in [6, 6.07) is 11.4. The maximum absolute atomic E-state index is 13.2. The van der Waals surface area contributed by atoms with E-state index < -0.39 is 0 Å². The van der Waals surface area contributed by atoms with Gasteiger partial charge in [-0.1, -0.05) is 43.8 Å². The van der Waals surface area contributed by atoms with E-state index in [0.29, 0.717) is 21.9 Å². The second kappa shape index (κ2) is 8.57. The number of thiophene rings is 1. The number of rotatable bonds is 6. The number of pyridine rings is 1. The Bertz CT molecular complexity index is 1290. The molecule has 0 aliphatic carbocycles. The van der Waals surface area contributed by atoms with Gasteiger partial charge in [0.15, 0.2) is 5.16 Å². The van der Waals surface area contributed by atoms with Crippen LogP contribution in [0.25, 0.3) is 20.4 Å². The van der Waals surface area contributed by atoms with Gasteiger partial charge in [-0.2, -0.15) is 0 Å². The largest absolute Gasteiger partial charge is 0.325 e. The molecule has 0 radical (unpaired) electrons. The summed E-state index contributed by atoms with van der Waals surface area (Å²) in [6.45, 7) is 6.62. The van der Waals surface area contributed by atoms with Crippen molar-refractivity contribution in [1.82, 2.24) is 14.5 Å². The fourth-order valence-electron chi connectivity index (χ4n) is 3.21. The number of para-hydroxylation sites is 1. The molecule has 8 heteroatoms. The lowest BCUT2D eigenvalue weighted by atomic mass is 10.2. The van der Waals surface area contributed by atoms with Crippen LogP contribution >= 0.6 is 23.1 Å². The van der Waals surface area contributed by atoms with Gasteiger partial charge in [-0.25, -0.2) is 9.97 Å².